The van der Waals surface area contributed by atoms with Crippen LogP contribution < -0.4 is 9.64 Å². The van der Waals surface area contributed by atoms with E-state index in [-0.39, 0.29) is 24.0 Å². The molecule has 0 bridgehead atoms. The van der Waals surface area contributed by atoms with E-state index in [0.717, 1.165) is 19.3 Å². The summed E-state index contributed by atoms with van der Waals surface area (Å²) in [5.74, 6) is 1.43. The van der Waals surface area contributed by atoms with E-state index in [1.807, 2.05) is 0 Å². The predicted molar refractivity (Wildman–Crippen MR) is 104 cm³/mol. The molecule has 1 aromatic heterocycles. The fraction of sp³-hybridized carbons (Fsp3) is 0.526. The van der Waals surface area contributed by atoms with Gasteiger partial charge < -0.3 is 14.0 Å². The van der Waals surface area contributed by atoms with Crippen molar-refractivity contribution in [3.05, 3.63) is 29.9 Å². The van der Waals surface area contributed by atoms with E-state index in [0.29, 0.717) is 55.4 Å². The van der Waals surface area contributed by atoms with Gasteiger partial charge in [0.25, 0.3) is 5.91 Å². The summed E-state index contributed by atoms with van der Waals surface area (Å²) in [5.41, 5.74) is 0.385. The first-order chi connectivity index (χ1) is 14.5. The Bertz CT molecular complexity index is 1060. The molecule has 2 aliphatic heterocycles. The summed E-state index contributed by atoms with van der Waals surface area (Å²) in [5, 5.41) is 4.00. The van der Waals surface area contributed by atoms with Crippen molar-refractivity contribution >= 4 is 21.6 Å². The molecule has 0 atom stereocenters. The molecule has 1 saturated heterocycles. The standard InChI is InChI=1S/C19H22N4O6S/c24-18-12-28-16-5-4-14(30(25,26)22-6-8-27-9-7-22)10-15(16)23(18)11-17-20-19(29-21-17)13-2-1-3-13/h4-5,10,13H,1-3,6-9,11-12H2. The molecule has 5 rings (SSSR count). The fourth-order valence-electron chi connectivity index (χ4n) is 3.75. The zero-order valence-electron chi connectivity index (χ0n) is 16.3. The molecule has 11 heteroatoms. The molecule has 30 heavy (non-hydrogen) atoms. The highest BCUT2D eigenvalue weighted by molar-refractivity contribution is 7.89. The number of hydrogen-bond donors (Lipinski definition) is 0. The fourth-order valence-corrected chi connectivity index (χ4v) is 5.17. The molecule has 0 spiro atoms. The van der Waals surface area contributed by atoms with Crippen LogP contribution in [0.1, 0.15) is 36.9 Å². The number of benzene rings is 1. The van der Waals surface area contributed by atoms with Crippen molar-refractivity contribution in [1.29, 1.82) is 0 Å². The maximum absolute atomic E-state index is 13.0. The van der Waals surface area contributed by atoms with Gasteiger partial charge in [-0.25, -0.2) is 8.42 Å². The number of sulfonamides is 1. The Morgan fingerprint density at radius 3 is 2.70 bits per heavy atom. The van der Waals surface area contributed by atoms with Gasteiger partial charge in [-0.2, -0.15) is 9.29 Å². The van der Waals surface area contributed by atoms with Crippen LogP contribution in [0, 0.1) is 0 Å². The smallest absolute Gasteiger partial charge is 0.265 e. The van der Waals surface area contributed by atoms with Gasteiger partial charge in [0, 0.05) is 19.0 Å². The number of amides is 1. The van der Waals surface area contributed by atoms with Gasteiger partial charge in [-0.3, -0.25) is 9.69 Å². The van der Waals surface area contributed by atoms with Gasteiger partial charge in [-0.1, -0.05) is 11.6 Å². The number of carbonyl (C=O) groups is 1. The van der Waals surface area contributed by atoms with E-state index < -0.39 is 10.0 Å². The Kier molecular flexibility index (Phi) is 4.95. The number of aromatic nitrogens is 2. The second-order valence-corrected chi connectivity index (χ2v) is 9.53. The largest absolute Gasteiger partial charge is 0.482 e. The molecule has 0 radical (unpaired) electrons. The topological polar surface area (TPSA) is 115 Å². The van der Waals surface area contributed by atoms with Gasteiger partial charge in [-0.05, 0) is 31.0 Å². The number of nitrogens with zero attached hydrogens (tertiary/aromatic N) is 4. The van der Waals surface area contributed by atoms with Crippen LogP contribution in [0.2, 0.25) is 0 Å². The molecule has 160 valence electrons. The molecular weight excluding hydrogens is 412 g/mol. The zero-order chi connectivity index (χ0) is 20.7. The van der Waals surface area contributed by atoms with Crippen molar-refractivity contribution in [3.63, 3.8) is 0 Å². The molecule has 1 aromatic carbocycles. The average Bonchev–Trinajstić information content (AvgIpc) is 3.17. The average molecular weight is 434 g/mol. The van der Waals surface area contributed by atoms with Crippen LogP contribution in [-0.4, -0.2) is 61.7 Å². The lowest BCUT2D eigenvalue weighted by molar-refractivity contribution is -0.121. The summed E-state index contributed by atoms with van der Waals surface area (Å²) in [4.78, 5) is 18.6. The number of hydrogen-bond acceptors (Lipinski definition) is 8. The van der Waals surface area contributed by atoms with Crippen LogP contribution in [0.5, 0.6) is 5.75 Å². The van der Waals surface area contributed by atoms with Gasteiger partial charge >= 0.3 is 0 Å². The molecule has 2 aromatic rings. The first-order valence-corrected chi connectivity index (χ1v) is 11.4. The summed E-state index contributed by atoms with van der Waals surface area (Å²) >= 11 is 0. The quantitative estimate of drug-likeness (QED) is 0.691. The maximum Gasteiger partial charge on any atom is 0.265 e. The highest BCUT2D eigenvalue weighted by atomic mass is 32.2. The minimum atomic E-state index is -3.70. The SMILES string of the molecule is O=C1COc2ccc(S(=O)(=O)N3CCOCC3)cc2N1Cc1noc(C2CCC2)n1. The number of anilines is 1. The molecule has 2 fully saturated rings. The third kappa shape index (κ3) is 3.46. The molecule has 3 aliphatic rings. The van der Waals surface area contributed by atoms with Gasteiger partial charge in [0.2, 0.25) is 15.9 Å². The summed E-state index contributed by atoms with van der Waals surface area (Å²) in [6, 6.07) is 4.56. The van der Waals surface area contributed by atoms with Crippen molar-refractivity contribution in [2.75, 3.05) is 37.8 Å². The predicted octanol–water partition coefficient (Wildman–Crippen LogP) is 1.28. The van der Waals surface area contributed by atoms with Crippen molar-refractivity contribution < 1.29 is 27.2 Å². The van der Waals surface area contributed by atoms with Gasteiger partial charge in [0.1, 0.15) is 5.75 Å². The summed E-state index contributed by atoms with van der Waals surface area (Å²) in [7, 11) is -3.70. The van der Waals surface area contributed by atoms with Gasteiger partial charge in [0.05, 0.1) is 30.3 Å². The molecule has 1 amide bonds. The second kappa shape index (κ2) is 7.64. The van der Waals surface area contributed by atoms with E-state index in [1.165, 1.54) is 21.3 Å². The van der Waals surface area contributed by atoms with Crippen molar-refractivity contribution in [2.45, 2.75) is 36.6 Å². The molecule has 0 unspecified atom stereocenters. The van der Waals surface area contributed by atoms with E-state index >= 15 is 0 Å². The number of morpholine rings is 1. The first kappa shape index (κ1) is 19.5. The molecule has 0 N–H and O–H groups in total. The number of carbonyl (C=O) groups excluding carboxylic acids is 1. The molecule has 1 saturated carbocycles. The minimum absolute atomic E-state index is 0.0898. The summed E-state index contributed by atoms with van der Waals surface area (Å²) < 4.78 is 43.5. The lowest BCUT2D eigenvalue weighted by Gasteiger charge is -2.30. The summed E-state index contributed by atoms with van der Waals surface area (Å²) in [6.45, 7) is 1.27. The third-order valence-electron chi connectivity index (χ3n) is 5.72. The Labute approximate surface area is 173 Å². The van der Waals surface area contributed by atoms with E-state index in [4.69, 9.17) is 14.0 Å². The van der Waals surface area contributed by atoms with Crippen molar-refractivity contribution in [2.24, 2.45) is 0 Å². The molecule has 3 heterocycles. The lowest BCUT2D eigenvalue weighted by Crippen LogP contribution is -2.41. The van der Waals surface area contributed by atoms with Gasteiger partial charge in [-0.15, -0.1) is 0 Å². The summed E-state index contributed by atoms with van der Waals surface area (Å²) in [6.07, 6.45) is 3.21. The van der Waals surface area contributed by atoms with Crippen LogP contribution in [0.4, 0.5) is 5.69 Å². The Morgan fingerprint density at radius 1 is 1.17 bits per heavy atom. The molecule has 10 nitrogen and oxygen atoms in total. The number of rotatable bonds is 5. The lowest BCUT2D eigenvalue weighted by atomic mass is 9.85. The Morgan fingerprint density at radius 2 is 1.97 bits per heavy atom. The third-order valence-corrected chi connectivity index (χ3v) is 7.61. The number of fused-ring (bicyclic) bond motifs is 1. The monoisotopic (exact) mass is 434 g/mol. The van der Waals surface area contributed by atoms with Gasteiger partial charge in [0.15, 0.2) is 12.4 Å². The van der Waals surface area contributed by atoms with Crippen LogP contribution in [-0.2, 0) is 26.1 Å². The Balaban J connectivity index is 1.44. The normalized spacial score (nSPS) is 20.5. The number of ether oxygens (including phenoxy) is 2. The highest BCUT2D eigenvalue weighted by Crippen LogP contribution is 2.37. The van der Waals surface area contributed by atoms with E-state index in [2.05, 4.69) is 10.1 Å². The van der Waals surface area contributed by atoms with Crippen molar-refractivity contribution in [3.8, 4) is 5.75 Å². The molecular formula is C19H22N4O6S. The molecule has 1 aliphatic carbocycles. The Hall–Kier alpha value is -2.50. The minimum Gasteiger partial charge on any atom is -0.482 e. The highest BCUT2D eigenvalue weighted by Gasteiger charge is 2.32. The van der Waals surface area contributed by atoms with Crippen LogP contribution >= 0.6 is 0 Å². The van der Waals surface area contributed by atoms with Crippen LogP contribution in [0.3, 0.4) is 0 Å². The van der Waals surface area contributed by atoms with Crippen LogP contribution in [0.25, 0.3) is 0 Å². The first-order valence-electron chi connectivity index (χ1n) is 10.00. The van der Waals surface area contributed by atoms with Crippen LogP contribution in [0.15, 0.2) is 27.6 Å². The van der Waals surface area contributed by atoms with Crippen molar-refractivity contribution in [1.82, 2.24) is 14.4 Å². The zero-order valence-corrected chi connectivity index (χ0v) is 17.1. The second-order valence-electron chi connectivity index (χ2n) is 7.59. The maximum atomic E-state index is 13.0. The van der Waals surface area contributed by atoms with E-state index in [1.54, 1.807) is 6.07 Å². The van der Waals surface area contributed by atoms with E-state index in [9.17, 15) is 13.2 Å².